The summed E-state index contributed by atoms with van der Waals surface area (Å²) in [7, 11) is 1.55. The summed E-state index contributed by atoms with van der Waals surface area (Å²) >= 11 is 6.02. The lowest BCUT2D eigenvalue weighted by molar-refractivity contribution is -0.117. The van der Waals surface area contributed by atoms with Crippen LogP contribution in [0.4, 0.5) is 5.69 Å². The highest BCUT2D eigenvalue weighted by Crippen LogP contribution is 2.27. The number of methoxy groups -OCH3 is 1. The third-order valence-electron chi connectivity index (χ3n) is 3.05. The van der Waals surface area contributed by atoms with Crippen LogP contribution in [0.25, 0.3) is 0 Å². The molecule has 0 saturated heterocycles. The number of nitrogens with two attached hydrogens (primary N) is 1. The number of rotatable bonds is 7. The summed E-state index contributed by atoms with van der Waals surface area (Å²) in [6.07, 6.45) is 1.38. The van der Waals surface area contributed by atoms with Crippen molar-refractivity contribution >= 4 is 23.2 Å². The Bertz CT molecular complexity index is 449. The first-order valence-corrected chi connectivity index (χ1v) is 7.17. The maximum Gasteiger partial charge on any atom is 0.224 e. The van der Waals surface area contributed by atoms with Crippen molar-refractivity contribution < 1.29 is 9.53 Å². The van der Waals surface area contributed by atoms with Gasteiger partial charge >= 0.3 is 0 Å². The summed E-state index contributed by atoms with van der Waals surface area (Å²) in [5.74, 6) is 1.29. The molecule has 0 fully saturated rings. The second-order valence-electron chi connectivity index (χ2n) is 5.33. The van der Waals surface area contributed by atoms with Crippen LogP contribution in [0, 0.1) is 11.8 Å². The maximum absolute atomic E-state index is 12.0. The zero-order valence-electron chi connectivity index (χ0n) is 12.3. The number of ether oxygens (including phenoxy) is 1. The largest absolute Gasteiger partial charge is 0.495 e. The Kier molecular flexibility index (Phi) is 6.82. The SMILES string of the molecule is COc1ccc(NC(=O)C[C@@H](CN)CC(C)C)cc1Cl. The first-order valence-electron chi connectivity index (χ1n) is 6.79. The normalized spacial score (nSPS) is 12.3. The summed E-state index contributed by atoms with van der Waals surface area (Å²) in [6.45, 7) is 4.78. The topological polar surface area (TPSA) is 64.3 Å². The van der Waals surface area contributed by atoms with Crippen molar-refractivity contribution in [2.24, 2.45) is 17.6 Å². The predicted molar refractivity (Wildman–Crippen MR) is 83.3 cm³/mol. The lowest BCUT2D eigenvalue weighted by Gasteiger charge is -2.16. The zero-order chi connectivity index (χ0) is 15.1. The van der Waals surface area contributed by atoms with Gasteiger partial charge in [-0.1, -0.05) is 25.4 Å². The van der Waals surface area contributed by atoms with Crippen LogP contribution >= 0.6 is 11.6 Å². The number of hydrogen-bond acceptors (Lipinski definition) is 3. The van der Waals surface area contributed by atoms with Crippen LogP contribution in [0.15, 0.2) is 18.2 Å². The Morgan fingerprint density at radius 3 is 2.65 bits per heavy atom. The molecule has 0 saturated carbocycles. The number of benzene rings is 1. The van der Waals surface area contributed by atoms with Crippen LogP contribution in [0.3, 0.4) is 0 Å². The second-order valence-corrected chi connectivity index (χ2v) is 5.74. The second kappa shape index (κ2) is 8.12. The number of amides is 1. The molecule has 0 aromatic heterocycles. The molecule has 0 aliphatic carbocycles. The van der Waals surface area contributed by atoms with E-state index < -0.39 is 0 Å². The van der Waals surface area contributed by atoms with E-state index in [1.807, 2.05) is 0 Å². The highest BCUT2D eigenvalue weighted by Gasteiger charge is 2.14. The van der Waals surface area contributed by atoms with Gasteiger partial charge in [-0.3, -0.25) is 4.79 Å². The van der Waals surface area contributed by atoms with Crippen LogP contribution < -0.4 is 15.8 Å². The Balaban J connectivity index is 2.59. The molecule has 1 aromatic carbocycles. The Morgan fingerprint density at radius 2 is 2.15 bits per heavy atom. The van der Waals surface area contributed by atoms with E-state index in [4.69, 9.17) is 22.1 Å². The molecular formula is C15H23ClN2O2. The van der Waals surface area contributed by atoms with Crippen LogP contribution in [0.1, 0.15) is 26.7 Å². The molecule has 0 spiro atoms. The van der Waals surface area contributed by atoms with Crippen molar-refractivity contribution in [3.8, 4) is 5.75 Å². The number of carbonyl (C=O) groups is 1. The third-order valence-corrected chi connectivity index (χ3v) is 3.34. The lowest BCUT2D eigenvalue weighted by atomic mass is 9.94. The van der Waals surface area contributed by atoms with Gasteiger partial charge in [0.1, 0.15) is 5.75 Å². The number of nitrogens with one attached hydrogen (secondary N) is 1. The zero-order valence-corrected chi connectivity index (χ0v) is 13.0. The monoisotopic (exact) mass is 298 g/mol. The first kappa shape index (κ1) is 16.8. The number of anilines is 1. The van der Waals surface area contributed by atoms with Crippen molar-refractivity contribution in [2.45, 2.75) is 26.7 Å². The van der Waals surface area contributed by atoms with Gasteiger partial charge in [0.2, 0.25) is 5.91 Å². The van der Waals surface area contributed by atoms with Crippen LogP contribution in [-0.2, 0) is 4.79 Å². The fourth-order valence-corrected chi connectivity index (χ4v) is 2.41. The smallest absolute Gasteiger partial charge is 0.224 e. The lowest BCUT2D eigenvalue weighted by Crippen LogP contribution is -2.23. The molecule has 112 valence electrons. The average Bonchev–Trinajstić information content (AvgIpc) is 2.37. The molecule has 0 aliphatic rings. The van der Waals surface area contributed by atoms with E-state index in [1.54, 1.807) is 25.3 Å². The average molecular weight is 299 g/mol. The van der Waals surface area contributed by atoms with Gasteiger partial charge in [-0.25, -0.2) is 0 Å². The van der Waals surface area contributed by atoms with E-state index in [1.165, 1.54) is 0 Å². The Morgan fingerprint density at radius 1 is 1.45 bits per heavy atom. The van der Waals surface area contributed by atoms with Gasteiger partial charge in [-0.05, 0) is 43.0 Å². The Hall–Kier alpha value is -1.26. The molecule has 1 aromatic rings. The molecule has 1 atom stereocenters. The molecule has 20 heavy (non-hydrogen) atoms. The van der Waals surface area contributed by atoms with E-state index in [2.05, 4.69) is 19.2 Å². The minimum Gasteiger partial charge on any atom is -0.495 e. The van der Waals surface area contributed by atoms with Crippen molar-refractivity contribution in [1.29, 1.82) is 0 Å². The molecule has 0 unspecified atom stereocenters. The highest BCUT2D eigenvalue weighted by molar-refractivity contribution is 6.32. The van der Waals surface area contributed by atoms with E-state index in [0.717, 1.165) is 6.42 Å². The summed E-state index contributed by atoms with van der Waals surface area (Å²) < 4.78 is 5.07. The van der Waals surface area contributed by atoms with Crippen molar-refractivity contribution in [2.75, 3.05) is 19.0 Å². The summed E-state index contributed by atoms with van der Waals surface area (Å²) in [5, 5.41) is 3.31. The van der Waals surface area contributed by atoms with Crippen molar-refractivity contribution in [1.82, 2.24) is 0 Å². The van der Waals surface area contributed by atoms with Gasteiger partial charge in [0.05, 0.1) is 12.1 Å². The summed E-state index contributed by atoms with van der Waals surface area (Å²) in [4.78, 5) is 12.0. The van der Waals surface area contributed by atoms with Crippen molar-refractivity contribution in [3.63, 3.8) is 0 Å². The summed E-state index contributed by atoms with van der Waals surface area (Å²) in [5.41, 5.74) is 6.37. The van der Waals surface area contributed by atoms with E-state index in [0.29, 0.717) is 35.3 Å². The van der Waals surface area contributed by atoms with E-state index >= 15 is 0 Å². The van der Waals surface area contributed by atoms with E-state index in [-0.39, 0.29) is 11.8 Å². The first-order chi connectivity index (χ1) is 9.46. The fraction of sp³-hybridized carbons (Fsp3) is 0.533. The molecule has 4 nitrogen and oxygen atoms in total. The summed E-state index contributed by atoms with van der Waals surface area (Å²) in [6, 6.07) is 5.17. The molecule has 0 radical (unpaired) electrons. The molecule has 0 bridgehead atoms. The predicted octanol–water partition coefficient (Wildman–Crippen LogP) is 3.30. The van der Waals surface area contributed by atoms with Gasteiger partial charge in [-0.15, -0.1) is 0 Å². The highest BCUT2D eigenvalue weighted by atomic mass is 35.5. The maximum atomic E-state index is 12.0. The minimum atomic E-state index is -0.0395. The van der Waals surface area contributed by atoms with Crippen LogP contribution in [-0.4, -0.2) is 19.6 Å². The fourth-order valence-electron chi connectivity index (χ4n) is 2.15. The van der Waals surface area contributed by atoms with Crippen molar-refractivity contribution in [3.05, 3.63) is 23.2 Å². The Labute approximate surface area is 125 Å². The van der Waals surface area contributed by atoms with E-state index in [9.17, 15) is 4.79 Å². The molecule has 5 heteroatoms. The molecule has 0 heterocycles. The molecular weight excluding hydrogens is 276 g/mol. The van der Waals surface area contributed by atoms with Gasteiger partial charge in [0, 0.05) is 12.1 Å². The molecule has 1 rings (SSSR count). The van der Waals surface area contributed by atoms with Crippen LogP contribution in [0.5, 0.6) is 5.75 Å². The van der Waals surface area contributed by atoms with Gasteiger partial charge in [-0.2, -0.15) is 0 Å². The van der Waals surface area contributed by atoms with Gasteiger partial charge in [0.15, 0.2) is 0 Å². The number of halogens is 1. The number of hydrogen-bond donors (Lipinski definition) is 2. The minimum absolute atomic E-state index is 0.0395. The van der Waals surface area contributed by atoms with Crippen LogP contribution in [0.2, 0.25) is 5.02 Å². The molecule has 3 N–H and O–H groups in total. The van der Waals surface area contributed by atoms with Gasteiger partial charge < -0.3 is 15.8 Å². The molecule has 1 amide bonds. The standard InChI is InChI=1S/C15H23ClN2O2/c1-10(2)6-11(9-17)7-15(19)18-12-4-5-14(20-3)13(16)8-12/h4-5,8,10-11H,6-7,9,17H2,1-3H3,(H,18,19)/t11-/m0/s1. The molecule has 0 aliphatic heterocycles. The van der Waals surface area contributed by atoms with Gasteiger partial charge in [0.25, 0.3) is 0 Å². The quantitative estimate of drug-likeness (QED) is 0.812. The number of carbonyl (C=O) groups excluding carboxylic acids is 1. The third kappa shape index (κ3) is 5.39.